The molecule has 3 nitrogen and oxygen atoms in total. The third kappa shape index (κ3) is 4.27. The Labute approximate surface area is 112 Å². The molecule has 0 radical (unpaired) electrons. The van der Waals surface area contributed by atoms with Crippen LogP contribution in [0.25, 0.3) is 0 Å². The van der Waals surface area contributed by atoms with Crippen LogP contribution in [-0.4, -0.2) is 25.0 Å². The molecule has 1 saturated carbocycles. The van der Waals surface area contributed by atoms with E-state index in [0.29, 0.717) is 17.9 Å². The molecule has 18 heavy (non-hydrogen) atoms. The van der Waals surface area contributed by atoms with Gasteiger partial charge in [-0.1, -0.05) is 40.5 Å². The number of amides is 1. The van der Waals surface area contributed by atoms with Gasteiger partial charge in [-0.25, -0.2) is 0 Å². The second kappa shape index (κ2) is 7.13. The SMILES string of the molecule is CNC(=O)C(CC(C)C)NC1CCCC(C)C1C. The highest BCUT2D eigenvalue weighted by molar-refractivity contribution is 5.81. The van der Waals surface area contributed by atoms with E-state index in [2.05, 4.69) is 38.3 Å². The van der Waals surface area contributed by atoms with Crippen molar-refractivity contribution >= 4 is 5.91 Å². The molecule has 1 aliphatic rings. The molecule has 1 aliphatic carbocycles. The minimum absolute atomic E-state index is 0.0345. The van der Waals surface area contributed by atoms with Gasteiger partial charge in [-0.05, 0) is 30.6 Å². The number of likely N-dealkylation sites (N-methyl/N-ethyl adjacent to an activating group) is 1. The Balaban J connectivity index is 2.61. The average Bonchev–Trinajstić information content (AvgIpc) is 2.32. The van der Waals surface area contributed by atoms with Gasteiger partial charge in [0.2, 0.25) is 5.91 Å². The zero-order valence-corrected chi connectivity index (χ0v) is 12.6. The molecular weight excluding hydrogens is 224 g/mol. The summed E-state index contributed by atoms with van der Waals surface area (Å²) in [5.41, 5.74) is 0. The lowest BCUT2D eigenvalue weighted by Gasteiger charge is -2.37. The molecule has 2 N–H and O–H groups in total. The summed E-state index contributed by atoms with van der Waals surface area (Å²) in [7, 11) is 1.73. The van der Waals surface area contributed by atoms with Crippen molar-refractivity contribution in [3.8, 4) is 0 Å². The number of carbonyl (C=O) groups excluding carboxylic acids is 1. The maximum Gasteiger partial charge on any atom is 0.236 e. The summed E-state index contributed by atoms with van der Waals surface area (Å²) in [5, 5.41) is 6.39. The van der Waals surface area contributed by atoms with E-state index in [0.717, 1.165) is 12.3 Å². The Hall–Kier alpha value is -0.570. The Morgan fingerprint density at radius 2 is 1.94 bits per heavy atom. The summed E-state index contributed by atoms with van der Waals surface area (Å²) in [6, 6.07) is 0.461. The lowest BCUT2D eigenvalue weighted by molar-refractivity contribution is -0.123. The molecule has 3 heteroatoms. The molecule has 1 amide bonds. The first kappa shape index (κ1) is 15.5. The minimum atomic E-state index is -0.0345. The fourth-order valence-electron chi connectivity index (χ4n) is 2.97. The van der Waals surface area contributed by atoms with E-state index in [9.17, 15) is 4.79 Å². The van der Waals surface area contributed by atoms with Crippen LogP contribution in [0.2, 0.25) is 0 Å². The second-order valence-electron chi connectivity index (χ2n) is 6.34. The Morgan fingerprint density at radius 3 is 2.50 bits per heavy atom. The van der Waals surface area contributed by atoms with Crippen molar-refractivity contribution in [1.82, 2.24) is 10.6 Å². The van der Waals surface area contributed by atoms with Gasteiger partial charge in [-0.3, -0.25) is 4.79 Å². The zero-order valence-electron chi connectivity index (χ0n) is 12.6. The second-order valence-corrected chi connectivity index (χ2v) is 6.34. The molecule has 0 aromatic carbocycles. The fraction of sp³-hybridized carbons (Fsp3) is 0.933. The van der Waals surface area contributed by atoms with Crippen molar-refractivity contribution in [1.29, 1.82) is 0 Å². The molecular formula is C15H30N2O. The van der Waals surface area contributed by atoms with Gasteiger partial charge in [-0.2, -0.15) is 0 Å². The van der Waals surface area contributed by atoms with E-state index in [1.807, 2.05) is 0 Å². The topological polar surface area (TPSA) is 41.1 Å². The zero-order chi connectivity index (χ0) is 13.7. The molecule has 0 heterocycles. The number of hydrogen-bond donors (Lipinski definition) is 2. The standard InChI is InChI=1S/C15H30N2O/c1-10(2)9-14(15(18)16-5)17-13-8-6-7-11(3)12(13)4/h10-14,17H,6-9H2,1-5H3,(H,16,18). The molecule has 106 valence electrons. The summed E-state index contributed by atoms with van der Waals surface area (Å²) in [6.07, 6.45) is 4.73. The average molecular weight is 254 g/mol. The normalized spacial score (nSPS) is 30.2. The summed E-state index contributed by atoms with van der Waals surface area (Å²) < 4.78 is 0. The van der Waals surface area contributed by atoms with Crippen LogP contribution >= 0.6 is 0 Å². The van der Waals surface area contributed by atoms with Crippen molar-refractivity contribution in [2.24, 2.45) is 17.8 Å². The highest BCUT2D eigenvalue weighted by atomic mass is 16.2. The monoisotopic (exact) mass is 254 g/mol. The lowest BCUT2D eigenvalue weighted by Crippen LogP contribution is -2.51. The maximum atomic E-state index is 11.9. The third-order valence-electron chi connectivity index (χ3n) is 4.39. The van der Waals surface area contributed by atoms with Crippen LogP contribution in [0.15, 0.2) is 0 Å². The van der Waals surface area contributed by atoms with Gasteiger partial charge in [-0.15, -0.1) is 0 Å². The molecule has 0 aromatic rings. The van der Waals surface area contributed by atoms with Gasteiger partial charge < -0.3 is 10.6 Å². The highest BCUT2D eigenvalue weighted by Gasteiger charge is 2.30. The Morgan fingerprint density at radius 1 is 1.28 bits per heavy atom. The van der Waals surface area contributed by atoms with Gasteiger partial charge >= 0.3 is 0 Å². The van der Waals surface area contributed by atoms with E-state index < -0.39 is 0 Å². The molecule has 1 rings (SSSR count). The maximum absolute atomic E-state index is 11.9. The summed E-state index contributed by atoms with van der Waals surface area (Å²) in [6.45, 7) is 8.99. The first-order valence-corrected chi connectivity index (χ1v) is 7.43. The highest BCUT2D eigenvalue weighted by Crippen LogP contribution is 2.30. The van der Waals surface area contributed by atoms with Crippen LogP contribution in [-0.2, 0) is 4.79 Å². The van der Waals surface area contributed by atoms with Crippen LogP contribution < -0.4 is 10.6 Å². The van der Waals surface area contributed by atoms with E-state index in [1.54, 1.807) is 7.05 Å². The minimum Gasteiger partial charge on any atom is -0.358 e. The molecule has 4 unspecified atom stereocenters. The first-order chi connectivity index (χ1) is 8.45. The molecule has 0 bridgehead atoms. The van der Waals surface area contributed by atoms with Crippen LogP contribution in [0.3, 0.4) is 0 Å². The summed E-state index contributed by atoms with van der Waals surface area (Å²) >= 11 is 0. The van der Waals surface area contributed by atoms with Gasteiger partial charge in [0.1, 0.15) is 0 Å². The molecule has 4 atom stereocenters. The van der Waals surface area contributed by atoms with Crippen LogP contribution in [0.5, 0.6) is 0 Å². The number of hydrogen-bond acceptors (Lipinski definition) is 2. The van der Waals surface area contributed by atoms with Crippen LogP contribution in [0.1, 0.15) is 53.4 Å². The van der Waals surface area contributed by atoms with Crippen molar-refractivity contribution in [2.75, 3.05) is 7.05 Å². The van der Waals surface area contributed by atoms with E-state index in [4.69, 9.17) is 0 Å². The number of carbonyl (C=O) groups is 1. The first-order valence-electron chi connectivity index (χ1n) is 7.43. The summed E-state index contributed by atoms with van der Waals surface area (Å²) in [5.74, 6) is 2.10. The van der Waals surface area contributed by atoms with E-state index >= 15 is 0 Å². The van der Waals surface area contributed by atoms with E-state index in [-0.39, 0.29) is 11.9 Å². The number of rotatable bonds is 5. The summed E-state index contributed by atoms with van der Waals surface area (Å²) in [4.78, 5) is 11.9. The van der Waals surface area contributed by atoms with Gasteiger partial charge in [0.15, 0.2) is 0 Å². The van der Waals surface area contributed by atoms with Crippen molar-refractivity contribution < 1.29 is 4.79 Å². The third-order valence-corrected chi connectivity index (χ3v) is 4.39. The Bertz CT molecular complexity index is 265. The van der Waals surface area contributed by atoms with Crippen LogP contribution in [0, 0.1) is 17.8 Å². The molecule has 0 aliphatic heterocycles. The van der Waals surface area contributed by atoms with Crippen molar-refractivity contribution in [3.63, 3.8) is 0 Å². The lowest BCUT2D eigenvalue weighted by atomic mass is 9.77. The quantitative estimate of drug-likeness (QED) is 0.791. The van der Waals surface area contributed by atoms with Crippen molar-refractivity contribution in [3.05, 3.63) is 0 Å². The van der Waals surface area contributed by atoms with Crippen molar-refractivity contribution in [2.45, 2.75) is 65.5 Å². The fourth-order valence-corrected chi connectivity index (χ4v) is 2.97. The smallest absolute Gasteiger partial charge is 0.236 e. The number of nitrogens with one attached hydrogen (secondary N) is 2. The molecule has 0 spiro atoms. The van der Waals surface area contributed by atoms with Gasteiger partial charge in [0.25, 0.3) is 0 Å². The van der Waals surface area contributed by atoms with Gasteiger partial charge in [0, 0.05) is 13.1 Å². The molecule has 1 fully saturated rings. The Kier molecular flexibility index (Phi) is 6.13. The van der Waals surface area contributed by atoms with E-state index in [1.165, 1.54) is 19.3 Å². The van der Waals surface area contributed by atoms with Gasteiger partial charge in [0.05, 0.1) is 6.04 Å². The predicted molar refractivity (Wildman–Crippen MR) is 76.4 cm³/mol. The molecule has 0 saturated heterocycles. The van der Waals surface area contributed by atoms with Crippen LogP contribution in [0.4, 0.5) is 0 Å². The largest absolute Gasteiger partial charge is 0.358 e. The predicted octanol–water partition coefficient (Wildman–Crippen LogP) is 2.56. The molecule has 0 aromatic heterocycles.